The van der Waals surface area contributed by atoms with E-state index in [4.69, 9.17) is 0 Å². The number of carbonyl (C=O) groups excluding carboxylic acids is 2. The number of nitrogens with zero attached hydrogens (tertiary/aromatic N) is 1. The molecular weight excluding hydrogens is 240 g/mol. The molecule has 0 bridgehead atoms. The van der Waals surface area contributed by atoms with Gasteiger partial charge in [0.25, 0.3) is 0 Å². The summed E-state index contributed by atoms with van der Waals surface area (Å²) in [6.45, 7) is 3.36. The highest BCUT2D eigenvalue weighted by Crippen LogP contribution is 2.35. The number of rotatable bonds is 3. The van der Waals surface area contributed by atoms with Crippen LogP contribution in [0.25, 0.3) is 0 Å². The largest absolute Gasteiger partial charge is 0.342 e. The minimum absolute atomic E-state index is 0.0281. The summed E-state index contributed by atoms with van der Waals surface area (Å²) in [6, 6.07) is -0.220. The van der Waals surface area contributed by atoms with Crippen LogP contribution < -0.4 is 5.32 Å². The summed E-state index contributed by atoms with van der Waals surface area (Å²) in [6.07, 6.45) is 7.18. The molecule has 1 aliphatic heterocycles. The highest BCUT2D eigenvalue weighted by molar-refractivity contribution is 5.95. The third kappa shape index (κ3) is 2.93. The van der Waals surface area contributed by atoms with Crippen molar-refractivity contribution >= 4 is 11.8 Å². The summed E-state index contributed by atoms with van der Waals surface area (Å²) in [5.41, 5.74) is 0. The third-order valence-corrected chi connectivity index (χ3v) is 4.85. The zero-order valence-electron chi connectivity index (χ0n) is 11.7. The fraction of sp³-hybridized carbons (Fsp3) is 0.867. The van der Waals surface area contributed by atoms with Gasteiger partial charge in [-0.25, -0.2) is 0 Å². The van der Waals surface area contributed by atoms with Gasteiger partial charge in [0.2, 0.25) is 11.8 Å². The zero-order chi connectivity index (χ0) is 13.4. The van der Waals surface area contributed by atoms with Gasteiger partial charge in [0.05, 0.1) is 6.54 Å². The Morgan fingerprint density at radius 1 is 1.21 bits per heavy atom. The Hall–Kier alpha value is -1.06. The molecule has 3 unspecified atom stereocenters. The summed E-state index contributed by atoms with van der Waals surface area (Å²) in [5, 5.41) is 2.87. The Bertz CT molecular complexity index is 378. The molecule has 0 aromatic rings. The van der Waals surface area contributed by atoms with Gasteiger partial charge in [-0.1, -0.05) is 19.8 Å². The van der Waals surface area contributed by atoms with E-state index in [0.717, 1.165) is 25.3 Å². The van der Waals surface area contributed by atoms with Gasteiger partial charge >= 0.3 is 0 Å². The molecule has 4 heteroatoms. The molecule has 3 aliphatic rings. The quantitative estimate of drug-likeness (QED) is 0.841. The van der Waals surface area contributed by atoms with Crippen LogP contribution in [0.2, 0.25) is 0 Å². The molecule has 3 fully saturated rings. The molecule has 2 aliphatic carbocycles. The Morgan fingerprint density at radius 3 is 2.68 bits per heavy atom. The first kappa shape index (κ1) is 12.9. The summed E-state index contributed by atoms with van der Waals surface area (Å²) < 4.78 is 0. The lowest BCUT2D eigenvalue weighted by Crippen LogP contribution is -2.59. The molecule has 3 rings (SSSR count). The molecule has 2 amide bonds. The van der Waals surface area contributed by atoms with Gasteiger partial charge in [0.15, 0.2) is 0 Å². The average Bonchev–Trinajstić information content (AvgIpc) is 3.17. The van der Waals surface area contributed by atoms with Crippen LogP contribution >= 0.6 is 0 Å². The number of hydrogen-bond acceptors (Lipinski definition) is 2. The van der Waals surface area contributed by atoms with E-state index in [1.165, 1.54) is 25.7 Å². The molecule has 1 N–H and O–H groups in total. The highest BCUT2D eigenvalue weighted by Gasteiger charge is 2.43. The first-order valence-corrected chi connectivity index (χ1v) is 7.71. The molecule has 19 heavy (non-hydrogen) atoms. The molecule has 1 heterocycles. The van der Waals surface area contributed by atoms with Crippen LogP contribution in [0.4, 0.5) is 0 Å². The van der Waals surface area contributed by atoms with E-state index in [1.807, 2.05) is 4.90 Å². The number of amides is 2. The van der Waals surface area contributed by atoms with Crippen LogP contribution in [0.1, 0.15) is 45.4 Å². The lowest BCUT2D eigenvalue weighted by atomic mass is 9.82. The molecular formula is C15H24N2O2. The summed E-state index contributed by atoms with van der Waals surface area (Å²) in [4.78, 5) is 26.0. The second kappa shape index (κ2) is 5.14. The summed E-state index contributed by atoms with van der Waals surface area (Å²) in [7, 11) is 0. The van der Waals surface area contributed by atoms with E-state index in [2.05, 4.69) is 12.2 Å². The Balaban J connectivity index is 1.62. The highest BCUT2D eigenvalue weighted by atomic mass is 16.2. The van der Waals surface area contributed by atoms with Crippen LogP contribution in [0.5, 0.6) is 0 Å². The standard InChI is InChI=1S/C15H24N2O2/c1-10-3-2-4-11(7-10)8-17-9-13(18)16-14(15(17)19)12-5-6-12/h10-12,14H,2-9H2,1H3,(H,16,18). The van der Waals surface area contributed by atoms with Crippen LogP contribution in [0.3, 0.4) is 0 Å². The van der Waals surface area contributed by atoms with E-state index < -0.39 is 0 Å². The van der Waals surface area contributed by atoms with Gasteiger partial charge in [-0.05, 0) is 43.4 Å². The van der Waals surface area contributed by atoms with Crippen molar-refractivity contribution in [3.8, 4) is 0 Å². The minimum Gasteiger partial charge on any atom is -0.342 e. The average molecular weight is 264 g/mol. The van der Waals surface area contributed by atoms with E-state index in [0.29, 0.717) is 11.8 Å². The van der Waals surface area contributed by atoms with Crippen molar-refractivity contribution in [1.29, 1.82) is 0 Å². The van der Waals surface area contributed by atoms with Gasteiger partial charge in [0, 0.05) is 6.54 Å². The van der Waals surface area contributed by atoms with Crippen molar-refractivity contribution in [1.82, 2.24) is 10.2 Å². The second-order valence-electron chi connectivity index (χ2n) is 6.74. The third-order valence-electron chi connectivity index (χ3n) is 4.85. The maximum absolute atomic E-state index is 12.4. The van der Waals surface area contributed by atoms with Crippen molar-refractivity contribution in [2.45, 2.75) is 51.5 Å². The van der Waals surface area contributed by atoms with Crippen molar-refractivity contribution in [2.75, 3.05) is 13.1 Å². The maximum Gasteiger partial charge on any atom is 0.245 e. The Labute approximate surface area is 114 Å². The predicted molar refractivity (Wildman–Crippen MR) is 72.4 cm³/mol. The number of carbonyl (C=O) groups is 2. The topological polar surface area (TPSA) is 49.4 Å². The fourth-order valence-corrected chi connectivity index (χ4v) is 3.67. The number of piperazine rings is 1. The first-order chi connectivity index (χ1) is 9.13. The first-order valence-electron chi connectivity index (χ1n) is 7.71. The normalized spacial score (nSPS) is 36.3. The summed E-state index contributed by atoms with van der Waals surface area (Å²) in [5.74, 6) is 1.97. The molecule has 0 aromatic heterocycles. The monoisotopic (exact) mass is 264 g/mol. The fourth-order valence-electron chi connectivity index (χ4n) is 3.67. The Morgan fingerprint density at radius 2 is 2.00 bits per heavy atom. The van der Waals surface area contributed by atoms with Gasteiger partial charge in [-0.15, -0.1) is 0 Å². The zero-order valence-corrected chi connectivity index (χ0v) is 11.7. The maximum atomic E-state index is 12.4. The lowest BCUT2D eigenvalue weighted by molar-refractivity contribution is -0.145. The van der Waals surface area contributed by atoms with Crippen LogP contribution in [0, 0.1) is 17.8 Å². The van der Waals surface area contributed by atoms with E-state index in [9.17, 15) is 9.59 Å². The van der Waals surface area contributed by atoms with E-state index >= 15 is 0 Å². The molecule has 2 saturated carbocycles. The molecule has 0 aromatic carbocycles. The van der Waals surface area contributed by atoms with Gasteiger partial charge in [-0.3, -0.25) is 9.59 Å². The van der Waals surface area contributed by atoms with Gasteiger partial charge in [-0.2, -0.15) is 0 Å². The van der Waals surface area contributed by atoms with E-state index in [1.54, 1.807) is 0 Å². The van der Waals surface area contributed by atoms with Gasteiger partial charge < -0.3 is 10.2 Å². The summed E-state index contributed by atoms with van der Waals surface area (Å²) >= 11 is 0. The molecule has 0 radical (unpaired) electrons. The second-order valence-corrected chi connectivity index (χ2v) is 6.74. The molecule has 106 valence electrons. The lowest BCUT2D eigenvalue weighted by Gasteiger charge is -2.36. The van der Waals surface area contributed by atoms with Crippen LogP contribution in [0.15, 0.2) is 0 Å². The molecule has 0 spiro atoms. The molecule has 3 atom stereocenters. The van der Waals surface area contributed by atoms with Crippen LogP contribution in [-0.2, 0) is 9.59 Å². The number of nitrogens with one attached hydrogen (secondary N) is 1. The van der Waals surface area contributed by atoms with E-state index in [-0.39, 0.29) is 24.4 Å². The van der Waals surface area contributed by atoms with Crippen LogP contribution in [-0.4, -0.2) is 35.8 Å². The molecule has 4 nitrogen and oxygen atoms in total. The van der Waals surface area contributed by atoms with Crippen molar-refractivity contribution in [3.05, 3.63) is 0 Å². The minimum atomic E-state index is -0.220. The van der Waals surface area contributed by atoms with Crippen molar-refractivity contribution in [3.63, 3.8) is 0 Å². The van der Waals surface area contributed by atoms with Crippen molar-refractivity contribution in [2.24, 2.45) is 17.8 Å². The Kier molecular flexibility index (Phi) is 3.50. The van der Waals surface area contributed by atoms with Gasteiger partial charge in [0.1, 0.15) is 6.04 Å². The van der Waals surface area contributed by atoms with Crippen molar-refractivity contribution < 1.29 is 9.59 Å². The molecule has 1 saturated heterocycles. The number of hydrogen-bond donors (Lipinski definition) is 1. The SMILES string of the molecule is CC1CCCC(CN2CC(=O)NC(C3CC3)C2=O)C1. The smallest absolute Gasteiger partial charge is 0.245 e. The predicted octanol–water partition coefficient (Wildman–Crippen LogP) is 1.55.